The molecule has 1 saturated carbocycles. The van der Waals surface area contributed by atoms with E-state index in [-0.39, 0.29) is 0 Å². The van der Waals surface area contributed by atoms with Gasteiger partial charge in [-0.05, 0) is 74.8 Å². The third kappa shape index (κ3) is 5.07. The van der Waals surface area contributed by atoms with E-state index in [2.05, 4.69) is 26.1 Å². The monoisotopic (exact) mass is 267 g/mol. The van der Waals surface area contributed by atoms with Crippen LogP contribution in [0, 0.1) is 23.2 Å². The van der Waals surface area contributed by atoms with E-state index >= 15 is 0 Å². The standard InChI is InChI=1S/C17H33NO/c1-17(2,3)16-6-4-14(5-7-16)12-18-13-15-8-10-19-11-9-15/h14-16,18H,4-13H2,1-3H3. The van der Waals surface area contributed by atoms with Gasteiger partial charge in [-0.2, -0.15) is 0 Å². The Balaban J connectivity index is 1.58. The summed E-state index contributed by atoms with van der Waals surface area (Å²) in [4.78, 5) is 0. The summed E-state index contributed by atoms with van der Waals surface area (Å²) in [5, 5.41) is 3.72. The molecule has 1 aliphatic carbocycles. The van der Waals surface area contributed by atoms with Crippen molar-refractivity contribution in [3.63, 3.8) is 0 Å². The fourth-order valence-electron chi connectivity index (χ4n) is 3.67. The molecule has 0 aromatic carbocycles. The largest absolute Gasteiger partial charge is 0.381 e. The zero-order valence-electron chi connectivity index (χ0n) is 13.2. The Morgan fingerprint density at radius 3 is 1.89 bits per heavy atom. The first-order valence-corrected chi connectivity index (χ1v) is 8.34. The Labute approximate surface area is 119 Å². The SMILES string of the molecule is CC(C)(C)C1CCC(CNCC2CCOCC2)CC1. The molecule has 0 unspecified atom stereocenters. The maximum absolute atomic E-state index is 5.41. The highest BCUT2D eigenvalue weighted by Gasteiger charge is 2.29. The van der Waals surface area contributed by atoms with Gasteiger partial charge in [-0.15, -0.1) is 0 Å². The summed E-state index contributed by atoms with van der Waals surface area (Å²) < 4.78 is 5.41. The highest BCUT2D eigenvalue weighted by molar-refractivity contribution is 4.81. The van der Waals surface area contributed by atoms with Crippen molar-refractivity contribution in [2.75, 3.05) is 26.3 Å². The minimum absolute atomic E-state index is 0.514. The zero-order chi connectivity index (χ0) is 13.7. The van der Waals surface area contributed by atoms with Gasteiger partial charge in [0.15, 0.2) is 0 Å². The molecular weight excluding hydrogens is 234 g/mol. The van der Waals surface area contributed by atoms with Crippen molar-refractivity contribution in [2.24, 2.45) is 23.2 Å². The van der Waals surface area contributed by atoms with Crippen LogP contribution in [-0.2, 0) is 4.74 Å². The predicted octanol–water partition coefficient (Wildman–Crippen LogP) is 3.86. The highest BCUT2D eigenvalue weighted by atomic mass is 16.5. The molecule has 1 saturated heterocycles. The van der Waals surface area contributed by atoms with Gasteiger partial charge in [-0.1, -0.05) is 20.8 Å². The van der Waals surface area contributed by atoms with Gasteiger partial charge >= 0.3 is 0 Å². The minimum Gasteiger partial charge on any atom is -0.381 e. The van der Waals surface area contributed by atoms with Crippen LogP contribution in [0.25, 0.3) is 0 Å². The number of hydrogen-bond acceptors (Lipinski definition) is 2. The predicted molar refractivity (Wildman–Crippen MR) is 81.3 cm³/mol. The van der Waals surface area contributed by atoms with Gasteiger partial charge in [0.2, 0.25) is 0 Å². The van der Waals surface area contributed by atoms with E-state index in [0.29, 0.717) is 5.41 Å². The summed E-state index contributed by atoms with van der Waals surface area (Å²) in [5.74, 6) is 2.73. The van der Waals surface area contributed by atoms with Crippen LogP contribution in [0.5, 0.6) is 0 Å². The minimum atomic E-state index is 0.514. The number of hydrogen-bond donors (Lipinski definition) is 1. The van der Waals surface area contributed by atoms with Gasteiger partial charge < -0.3 is 10.1 Å². The van der Waals surface area contributed by atoms with Crippen molar-refractivity contribution in [1.29, 1.82) is 0 Å². The Kier molecular flexibility index (Phi) is 5.70. The molecular formula is C17H33NO. The molecule has 0 amide bonds. The van der Waals surface area contributed by atoms with E-state index in [9.17, 15) is 0 Å². The van der Waals surface area contributed by atoms with E-state index in [1.807, 2.05) is 0 Å². The Morgan fingerprint density at radius 2 is 1.37 bits per heavy atom. The van der Waals surface area contributed by atoms with Crippen LogP contribution in [0.3, 0.4) is 0 Å². The molecule has 112 valence electrons. The Morgan fingerprint density at radius 1 is 0.842 bits per heavy atom. The van der Waals surface area contributed by atoms with Crippen molar-refractivity contribution in [2.45, 2.75) is 59.3 Å². The Hall–Kier alpha value is -0.0800. The lowest BCUT2D eigenvalue weighted by atomic mass is 9.70. The van der Waals surface area contributed by atoms with Crippen LogP contribution < -0.4 is 5.32 Å². The normalized spacial score (nSPS) is 30.5. The first-order valence-electron chi connectivity index (χ1n) is 8.34. The summed E-state index contributed by atoms with van der Waals surface area (Å²) >= 11 is 0. The molecule has 2 rings (SSSR count). The van der Waals surface area contributed by atoms with Crippen LogP contribution in [-0.4, -0.2) is 26.3 Å². The summed E-state index contributed by atoms with van der Waals surface area (Å²) in [6.07, 6.45) is 8.25. The van der Waals surface area contributed by atoms with Gasteiger partial charge in [-0.25, -0.2) is 0 Å². The van der Waals surface area contributed by atoms with Crippen LogP contribution in [0.1, 0.15) is 59.3 Å². The third-order valence-electron chi connectivity index (χ3n) is 5.28. The van der Waals surface area contributed by atoms with E-state index < -0.39 is 0 Å². The van der Waals surface area contributed by atoms with Gasteiger partial charge in [-0.3, -0.25) is 0 Å². The molecule has 2 nitrogen and oxygen atoms in total. The maximum Gasteiger partial charge on any atom is 0.0469 e. The highest BCUT2D eigenvalue weighted by Crippen LogP contribution is 2.39. The van der Waals surface area contributed by atoms with E-state index in [1.54, 1.807) is 0 Å². The molecule has 0 aromatic rings. The average Bonchev–Trinajstić information content (AvgIpc) is 2.39. The molecule has 0 spiro atoms. The van der Waals surface area contributed by atoms with Crippen molar-refractivity contribution in [3.05, 3.63) is 0 Å². The third-order valence-corrected chi connectivity index (χ3v) is 5.28. The first kappa shape index (κ1) is 15.3. The molecule has 2 heteroatoms. The van der Waals surface area contributed by atoms with Crippen LogP contribution in [0.4, 0.5) is 0 Å². The molecule has 0 aromatic heterocycles. The molecule has 0 radical (unpaired) electrons. The lowest BCUT2D eigenvalue weighted by Crippen LogP contribution is -2.34. The second-order valence-electron chi connectivity index (χ2n) is 7.80. The lowest BCUT2D eigenvalue weighted by Gasteiger charge is -2.37. The second kappa shape index (κ2) is 7.08. The smallest absolute Gasteiger partial charge is 0.0469 e. The zero-order valence-corrected chi connectivity index (χ0v) is 13.2. The average molecular weight is 267 g/mol. The van der Waals surface area contributed by atoms with E-state index in [1.165, 1.54) is 51.6 Å². The maximum atomic E-state index is 5.41. The molecule has 19 heavy (non-hydrogen) atoms. The molecule has 1 aliphatic heterocycles. The number of rotatable bonds is 4. The van der Waals surface area contributed by atoms with Crippen molar-refractivity contribution in [3.8, 4) is 0 Å². The van der Waals surface area contributed by atoms with Crippen LogP contribution >= 0.6 is 0 Å². The molecule has 1 N–H and O–H groups in total. The summed E-state index contributed by atoms with van der Waals surface area (Å²) in [5.41, 5.74) is 0.514. The van der Waals surface area contributed by atoms with E-state index in [0.717, 1.165) is 31.0 Å². The van der Waals surface area contributed by atoms with Crippen molar-refractivity contribution < 1.29 is 4.74 Å². The molecule has 0 bridgehead atoms. The van der Waals surface area contributed by atoms with Crippen molar-refractivity contribution in [1.82, 2.24) is 5.32 Å². The van der Waals surface area contributed by atoms with E-state index in [4.69, 9.17) is 4.74 Å². The Bertz CT molecular complexity index is 244. The second-order valence-corrected chi connectivity index (χ2v) is 7.80. The first-order chi connectivity index (χ1) is 9.05. The molecule has 1 heterocycles. The molecule has 0 atom stereocenters. The van der Waals surface area contributed by atoms with Crippen LogP contribution in [0.15, 0.2) is 0 Å². The van der Waals surface area contributed by atoms with Gasteiger partial charge in [0.25, 0.3) is 0 Å². The van der Waals surface area contributed by atoms with Gasteiger partial charge in [0.1, 0.15) is 0 Å². The van der Waals surface area contributed by atoms with Crippen molar-refractivity contribution >= 4 is 0 Å². The summed E-state index contributed by atoms with van der Waals surface area (Å²) in [6.45, 7) is 11.6. The lowest BCUT2D eigenvalue weighted by molar-refractivity contribution is 0.0655. The summed E-state index contributed by atoms with van der Waals surface area (Å²) in [7, 11) is 0. The quantitative estimate of drug-likeness (QED) is 0.835. The number of ether oxygens (including phenoxy) is 1. The summed E-state index contributed by atoms with van der Waals surface area (Å²) in [6, 6.07) is 0. The number of nitrogens with one attached hydrogen (secondary N) is 1. The fraction of sp³-hybridized carbons (Fsp3) is 1.00. The topological polar surface area (TPSA) is 21.3 Å². The fourth-order valence-corrected chi connectivity index (χ4v) is 3.67. The van der Waals surface area contributed by atoms with Gasteiger partial charge in [0.05, 0.1) is 0 Å². The van der Waals surface area contributed by atoms with Gasteiger partial charge in [0, 0.05) is 13.2 Å². The molecule has 2 fully saturated rings. The molecule has 2 aliphatic rings. The van der Waals surface area contributed by atoms with Crippen LogP contribution in [0.2, 0.25) is 0 Å².